The van der Waals surface area contributed by atoms with Crippen LogP contribution < -0.4 is 10.1 Å². The number of anilines is 1. The minimum atomic E-state index is -0.178. The van der Waals surface area contributed by atoms with Gasteiger partial charge < -0.3 is 9.15 Å². The molecule has 0 aliphatic heterocycles. The fraction of sp³-hybridized carbons (Fsp3) is 0.143. The number of amides is 1. The van der Waals surface area contributed by atoms with Crippen LogP contribution in [0.1, 0.15) is 17.3 Å². The molecule has 1 N–H and O–H groups in total. The van der Waals surface area contributed by atoms with Crippen LogP contribution in [0.4, 0.5) is 5.13 Å². The molecule has 142 valence electrons. The molecule has 0 aliphatic rings. The zero-order chi connectivity index (χ0) is 19.5. The molecule has 0 saturated heterocycles. The molecule has 2 aromatic carbocycles. The van der Waals surface area contributed by atoms with Crippen LogP contribution in [0, 0.1) is 0 Å². The number of carbonyl (C=O) groups is 1. The maximum atomic E-state index is 12.5. The molecule has 0 atom stereocenters. The Bertz CT molecular complexity index is 1120. The minimum absolute atomic E-state index is 0.178. The summed E-state index contributed by atoms with van der Waals surface area (Å²) in [5.41, 5.74) is 2.02. The number of thiazole rings is 1. The van der Waals surface area contributed by atoms with Gasteiger partial charge in [0.2, 0.25) is 0 Å². The van der Waals surface area contributed by atoms with Gasteiger partial charge in [0.1, 0.15) is 17.0 Å². The highest BCUT2D eigenvalue weighted by Crippen LogP contribution is 2.32. The maximum Gasteiger partial charge on any atom is 0.257 e. The van der Waals surface area contributed by atoms with Crippen LogP contribution in [0.2, 0.25) is 0 Å². The number of carbonyl (C=O) groups excluding carboxylic acids is 1. The van der Waals surface area contributed by atoms with E-state index in [4.69, 9.17) is 9.15 Å². The lowest BCUT2D eigenvalue weighted by Gasteiger charge is -2.03. The predicted octanol–water partition coefficient (Wildman–Crippen LogP) is 5.93. The summed E-state index contributed by atoms with van der Waals surface area (Å²) in [5, 5.41) is 6.22. The summed E-state index contributed by atoms with van der Waals surface area (Å²) in [6.07, 6.45) is 0. The first-order valence-corrected chi connectivity index (χ1v) is 10.6. The number of hydrogen-bond donors (Lipinski definition) is 1. The van der Waals surface area contributed by atoms with Gasteiger partial charge in [-0.1, -0.05) is 6.92 Å². The Morgan fingerprint density at radius 1 is 1.21 bits per heavy atom. The van der Waals surface area contributed by atoms with Crippen LogP contribution in [-0.2, 0) is 0 Å². The fourth-order valence-corrected chi connectivity index (χ4v) is 4.10. The molecule has 7 heteroatoms. The number of furan rings is 1. The Balaban J connectivity index is 1.50. The van der Waals surface area contributed by atoms with Gasteiger partial charge in [-0.05, 0) is 48.2 Å². The highest BCUT2D eigenvalue weighted by molar-refractivity contribution is 7.99. The number of rotatable bonds is 6. The summed E-state index contributed by atoms with van der Waals surface area (Å²) in [5.74, 6) is 2.22. The van der Waals surface area contributed by atoms with E-state index < -0.39 is 0 Å². The molecule has 0 unspecified atom stereocenters. The zero-order valence-electron chi connectivity index (χ0n) is 15.4. The molecular weight excluding hydrogens is 392 g/mol. The van der Waals surface area contributed by atoms with Crippen LogP contribution in [0.3, 0.4) is 0 Å². The third kappa shape index (κ3) is 3.90. The second kappa shape index (κ2) is 8.08. The Labute approximate surface area is 170 Å². The normalized spacial score (nSPS) is 10.9. The van der Waals surface area contributed by atoms with Crippen molar-refractivity contribution in [2.45, 2.75) is 11.8 Å². The van der Waals surface area contributed by atoms with Crippen molar-refractivity contribution in [3.8, 4) is 17.2 Å². The van der Waals surface area contributed by atoms with E-state index in [2.05, 4.69) is 17.2 Å². The van der Waals surface area contributed by atoms with Gasteiger partial charge in [0, 0.05) is 27.3 Å². The third-order valence-corrected chi connectivity index (χ3v) is 5.78. The highest BCUT2D eigenvalue weighted by atomic mass is 32.2. The lowest BCUT2D eigenvalue weighted by molar-refractivity contribution is 0.102. The summed E-state index contributed by atoms with van der Waals surface area (Å²) in [4.78, 5) is 18.1. The Hall–Kier alpha value is -2.77. The van der Waals surface area contributed by atoms with E-state index in [9.17, 15) is 4.79 Å². The minimum Gasteiger partial charge on any atom is -0.497 e. The molecule has 0 aliphatic carbocycles. The first-order valence-electron chi connectivity index (χ1n) is 8.74. The number of ether oxygens (including phenoxy) is 1. The molecule has 0 bridgehead atoms. The number of nitrogens with one attached hydrogen (secondary N) is 1. The molecular formula is C21H18N2O3S2. The SMILES string of the molecule is CCSc1ccc(C(=O)Nc2nc(-c3cc4ccc(OC)cc4o3)cs2)cc1. The fourth-order valence-electron chi connectivity index (χ4n) is 2.75. The molecule has 0 spiro atoms. The van der Waals surface area contributed by atoms with Gasteiger partial charge in [-0.2, -0.15) is 0 Å². The molecule has 4 aromatic rings. The molecule has 28 heavy (non-hydrogen) atoms. The number of nitrogens with zero attached hydrogens (tertiary/aromatic N) is 1. The standard InChI is InChI=1S/C21H18N2O3S2/c1-3-27-16-8-5-13(6-9-16)20(24)23-21-22-17(12-28-21)19-10-14-4-7-15(25-2)11-18(14)26-19/h4-12H,3H2,1-2H3,(H,22,23,24). The number of methoxy groups -OCH3 is 1. The number of hydrogen-bond acceptors (Lipinski definition) is 6. The van der Waals surface area contributed by atoms with E-state index in [1.807, 2.05) is 53.9 Å². The van der Waals surface area contributed by atoms with Gasteiger partial charge in [-0.25, -0.2) is 4.98 Å². The summed E-state index contributed by atoms with van der Waals surface area (Å²) in [6.45, 7) is 2.10. The van der Waals surface area contributed by atoms with Crippen molar-refractivity contribution in [3.05, 3.63) is 59.5 Å². The third-order valence-electron chi connectivity index (χ3n) is 4.13. The van der Waals surface area contributed by atoms with Crippen molar-refractivity contribution < 1.29 is 13.9 Å². The molecule has 0 saturated carbocycles. The van der Waals surface area contributed by atoms with Gasteiger partial charge >= 0.3 is 0 Å². The molecule has 0 radical (unpaired) electrons. The van der Waals surface area contributed by atoms with Gasteiger partial charge in [0.25, 0.3) is 5.91 Å². The molecule has 2 aromatic heterocycles. The molecule has 5 nitrogen and oxygen atoms in total. The molecule has 4 rings (SSSR count). The second-order valence-electron chi connectivity index (χ2n) is 5.96. The largest absolute Gasteiger partial charge is 0.497 e. The molecule has 0 fully saturated rings. The van der Waals surface area contributed by atoms with Crippen molar-refractivity contribution in [1.82, 2.24) is 4.98 Å². The van der Waals surface area contributed by atoms with Gasteiger partial charge in [0.05, 0.1) is 7.11 Å². The van der Waals surface area contributed by atoms with Crippen LogP contribution >= 0.6 is 23.1 Å². The van der Waals surface area contributed by atoms with Crippen LogP contribution in [0.15, 0.2) is 63.2 Å². The van der Waals surface area contributed by atoms with E-state index in [-0.39, 0.29) is 5.91 Å². The summed E-state index contributed by atoms with van der Waals surface area (Å²) in [7, 11) is 1.62. The average molecular weight is 411 g/mol. The summed E-state index contributed by atoms with van der Waals surface area (Å²) < 4.78 is 11.1. The summed E-state index contributed by atoms with van der Waals surface area (Å²) in [6, 6.07) is 15.2. The van der Waals surface area contributed by atoms with E-state index in [0.717, 1.165) is 27.4 Å². The van der Waals surface area contributed by atoms with E-state index >= 15 is 0 Å². The van der Waals surface area contributed by atoms with Crippen LogP contribution in [0.5, 0.6) is 5.75 Å². The van der Waals surface area contributed by atoms with Crippen molar-refractivity contribution >= 4 is 45.1 Å². The van der Waals surface area contributed by atoms with E-state index in [1.54, 1.807) is 18.9 Å². The predicted molar refractivity (Wildman–Crippen MR) is 115 cm³/mol. The first kappa shape index (κ1) is 18.6. The zero-order valence-corrected chi connectivity index (χ0v) is 17.0. The van der Waals surface area contributed by atoms with E-state index in [0.29, 0.717) is 22.1 Å². The highest BCUT2D eigenvalue weighted by Gasteiger charge is 2.13. The van der Waals surface area contributed by atoms with E-state index in [1.165, 1.54) is 11.3 Å². The number of thioether (sulfide) groups is 1. The summed E-state index contributed by atoms with van der Waals surface area (Å²) >= 11 is 3.11. The van der Waals surface area contributed by atoms with Crippen molar-refractivity contribution in [1.29, 1.82) is 0 Å². The Morgan fingerprint density at radius 3 is 2.79 bits per heavy atom. The van der Waals surface area contributed by atoms with Crippen LogP contribution in [-0.4, -0.2) is 23.8 Å². The lowest BCUT2D eigenvalue weighted by Crippen LogP contribution is -2.11. The second-order valence-corrected chi connectivity index (χ2v) is 8.16. The molecule has 2 heterocycles. The van der Waals surface area contributed by atoms with Gasteiger partial charge in [0.15, 0.2) is 10.9 Å². The van der Waals surface area contributed by atoms with Gasteiger partial charge in [-0.15, -0.1) is 23.1 Å². The van der Waals surface area contributed by atoms with Crippen molar-refractivity contribution in [2.24, 2.45) is 0 Å². The topological polar surface area (TPSA) is 64.4 Å². The van der Waals surface area contributed by atoms with Gasteiger partial charge in [-0.3, -0.25) is 10.1 Å². The maximum absolute atomic E-state index is 12.5. The number of fused-ring (bicyclic) bond motifs is 1. The first-order chi connectivity index (χ1) is 13.7. The monoisotopic (exact) mass is 410 g/mol. The average Bonchev–Trinajstić information content (AvgIpc) is 3.34. The smallest absolute Gasteiger partial charge is 0.257 e. The number of aromatic nitrogens is 1. The van der Waals surface area contributed by atoms with Crippen molar-refractivity contribution in [3.63, 3.8) is 0 Å². The number of benzene rings is 2. The Morgan fingerprint density at radius 2 is 2.04 bits per heavy atom. The molecule has 1 amide bonds. The quantitative estimate of drug-likeness (QED) is 0.399. The van der Waals surface area contributed by atoms with Crippen molar-refractivity contribution in [2.75, 3.05) is 18.2 Å². The van der Waals surface area contributed by atoms with Crippen LogP contribution in [0.25, 0.3) is 22.4 Å². The lowest BCUT2D eigenvalue weighted by atomic mass is 10.2. The Kier molecular flexibility index (Phi) is 5.36.